The molecule has 1 heterocycles. The van der Waals surface area contributed by atoms with Gasteiger partial charge < -0.3 is 18.9 Å². The van der Waals surface area contributed by atoms with Crippen molar-refractivity contribution in [3.05, 3.63) is 0 Å². The van der Waals surface area contributed by atoms with E-state index in [1.165, 1.54) is 12.8 Å². The molecule has 3 fully saturated rings. The Kier molecular flexibility index (Phi) is 6.49. The van der Waals surface area contributed by atoms with Crippen LogP contribution in [0.15, 0.2) is 0 Å². The molecule has 136 valence electrons. The highest BCUT2D eigenvalue weighted by atomic mass is 16.8. The molecule has 0 aromatic carbocycles. The summed E-state index contributed by atoms with van der Waals surface area (Å²) in [5, 5.41) is 0. The van der Waals surface area contributed by atoms with Gasteiger partial charge in [-0.1, -0.05) is 38.5 Å². The molecule has 0 aromatic rings. The van der Waals surface area contributed by atoms with Gasteiger partial charge in [0.25, 0.3) is 12.6 Å². The van der Waals surface area contributed by atoms with Gasteiger partial charge in [0, 0.05) is 0 Å². The minimum atomic E-state index is -0.944. The monoisotopic (exact) mass is 340 g/mol. The molecule has 2 atom stereocenters. The Morgan fingerprint density at radius 2 is 1.00 bits per heavy atom. The lowest BCUT2D eigenvalue weighted by Gasteiger charge is -2.33. The first-order valence-electron chi connectivity index (χ1n) is 9.38. The summed E-state index contributed by atoms with van der Waals surface area (Å²) in [6.45, 7) is 0.667. The van der Waals surface area contributed by atoms with Crippen molar-refractivity contribution in [2.24, 2.45) is 11.8 Å². The van der Waals surface area contributed by atoms with Crippen LogP contribution >= 0.6 is 0 Å². The molecule has 24 heavy (non-hydrogen) atoms. The Bertz CT molecular complexity index is 385. The van der Waals surface area contributed by atoms with Crippen LogP contribution in [0.2, 0.25) is 0 Å². The number of carbonyl (C=O) groups is 2. The molecule has 6 nitrogen and oxygen atoms in total. The number of carbonyl (C=O) groups excluding carboxylic acids is 2. The summed E-state index contributed by atoms with van der Waals surface area (Å²) in [6.07, 6.45) is 8.13. The topological polar surface area (TPSA) is 71.1 Å². The van der Waals surface area contributed by atoms with Crippen molar-refractivity contribution < 1.29 is 28.5 Å². The summed E-state index contributed by atoms with van der Waals surface area (Å²) in [5.74, 6) is -0.661. The van der Waals surface area contributed by atoms with E-state index in [2.05, 4.69) is 0 Å². The fraction of sp³-hybridized carbons (Fsp3) is 0.889. The number of hydrogen-bond donors (Lipinski definition) is 0. The maximum Gasteiger partial charge on any atom is 0.311 e. The zero-order valence-electron chi connectivity index (χ0n) is 14.2. The van der Waals surface area contributed by atoms with Crippen molar-refractivity contribution in [3.63, 3.8) is 0 Å². The fourth-order valence-electron chi connectivity index (χ4n) is 3.76. The van der Waals surface area contributed by atoms with Gasteiger partial charge in [-0.05, 0) is 25.7 Å². The van der Waals surface area contributed by atoms with E-state index in [1.54, 1.807) is 0 Å². The maximum absolute atomic E-state index is 12.3. The lowest BCUT2D eigenvalue weighted by Crippen LogP contribution is -2.45. The average Bonchev–Trinajstić information content (AvgIpc) is 2.64. The van der Waals surface area contributed by atoms with Gasteiger partial charge in [-0.2, -0.15) is 0 Å². The van der Waals surface area contributed by atoms with Crippen LogP contribution in [-0.2, 0) is 28.5 Å². The van der Waals surface area contributed by atoms with Crippen molar-refractivity contribution in [3.8, 4) is 0 Å². The highest BCUT2D eigenvalue weighted by molar-refractivity contribution is 5.73. The Balaban J connectivity index is 1.52. The minimum absolute atomic E-state index is 0.0704. The van der Waals surface area contributed by atoms with E-state index < -0.39 is 12.6 Å². The quantitative estimate of drug-likeness (QED) is 0.733. The molecule has 0 aromatic heterocycles. The van der Waals surface area contributed by atoms with Crippen LogP contribution in [0.4, 0.5) is 0 Å². The van der Waals surface area contributed by atoms with Crippen LogP contribution in [0.3, 0.4) is 0 Å². The first kappa shape index (κ1) is 17.7. The van der Waals surface area contributed by atoms with E-state index >= 15 is 0 Å². The van der Waals surface area contributed by atoms with Gasteiger partial charge in [-0.25, -0.2) is 0 Å². The molecular formula is C18H28O6. The lowest BCUT2D eigenvalue weighted by atomic mass is 9.89. The molecule has 0 spiro atoms. The van der Waals surface area contributed by atoms with Crippen LogP contribution in [0.1, 0.15) is 64.2 Å². The second-order valence-corrected chi connectivity index (χ2v) is 7.02. The molecule has 0 unspecified atom stereocenters. The zero-order chi connectivity index (χ0) is 16.8. The van der Waals surface area contributed by atoms with Crippen LogP contribution in [0.5, 0.6) is 0 Å². The number of hydrogen-bond acceptors (Lipinski definition) is 6. The lowest BCUT2D eigenvalue weighted by molar-refractivity contribution is -0.305. The molecule has 0 bridgehead atoms. The minimum Gasteiger partial charge on any atom is -0.428 e. The van der Waals surface area contributed by atoms with Crippen LogP contribution in [-0.4, -0.2) is 37.7 Å². The van der Waals surface area contributed by atoms with Crippen molar-refractivity contribution in [2.45, 2.75) is 76.8 Å². The molecule has 2 aliphatic carbocycles. The Morgan fingerprint density at radius 1 is 0.625 bits per heavy atom. The molecular weight excluding hydrogens is 312 g/mol. The highest BCUT2D eigenvalue weighted by Crippen LogP contribution is 2.28. The van der Waals surface area contributed by atoms with E-state index in [4.69, 9.17) is 18.9 Å². The highest BCUT2D eigenvalue weighted by Gasteiger charge is 2.37. The van der Waals surface area contributed by atoms with Gasteiger partial charge in [0.1, 0.15) is 0 Å². The molecule has 2 saturated carbocycles. The third-order valence-corrected chi connectivity index (χ3v) is 5.21. The van der Waals surface area contributed by atoms with E-state index in [1.807, 2.05) is 0 Å². The van der Waals surface area contributed by atoms with Crippen molar-refractivity contribution in [1.82, 2.24) is 0 Å². The zero-order valence-corrected chi connectivity index (χ0v) is 14.2. The van der Waals surface area contributed by atoms with Gasteiger partial charge >= 0.3 is 11.9 Å². The van der Waals surface area contributed by atoms with Crippen LogP contribution in [0.25, 0.3) is 0 Å². The number of rotatable bonds is 4. The molecule has 1 aliphatic heterocycles. The summed E-state index contributed by atoms with van der Waals surface area (Å²) in [7, 11) is 0. The van der Waals surface area contributed by atoms with Crippen LogP contribution < -0.4 is 0 Å². The van der Waals surface area contributed by atoms with Crippen molar-refractivity contribution in [1.29, 1.82) is 0 Å². The van der Waals surface area contributed by atoms with Crippen molar-refractivity contribution >= 4 is 11.9 Å². The number of esters is 2. The average molecular weight is 340 g/mol. The summed E-state index contributed by atoms with van der Waals surface area (Å²) in [6, 6.07) is 0. The van der Waals surface area contributed by atoms with Gasteiger partial charge in [-0.3, -0.25) is 9.59 Å². The summed E-state index contributed by atoms with van der Waals surface area (Å²) in [5.41, 5.74) is 0. The first-order valence-corrected chi connectivity index (χ1v) is 9.38. The molecule has 0 amide bonds. The van der Waals surface area contributed by atoms with Gasteiger partial charge in [0.05, 0.1) is 25.0 Å². The fourth-order valence-corrected chi connectivity index (χ4v) is 3.76. The third-order valence-electron chi connectivity index (χ3n) is 5.21. The molecule has 6 heteroatoms. The second-order valence-electron chi connectivity index (χ2n) is 7.02. The smallest absolute Gasteiger partial charge is 0.311 e. The second kappa shape index (κ2) is 8.81. The predicted molar refractivity (Wildman–Crippen MR) is 84.8 cm³/mol. The van der Waals surface area contributed by atoms with E-state index in [0.29, 0.717) is 13.2 Å². The van der Waals surface area contributed by atoms with E-state index in [0.717, 1.165) is 51.4 Å². The van der Waals surface area contributed by atoms with Gasteiger partial charge in [0.15, 0.2) is 0 Å². The van der Waals surface area contributed by atoms with Crippen LogP contribution in [0, 0.1) is 11.8 Å². The SMILES string of the molecule is O=C(O[C@H]1OCCO[C@H]1OC(=O)C1CCCCC1)C1CCCCC1. The van der Waals surface area contributed by atoms with E-state index in [9.17, 15) is 9.59 Å². The molecule has 0 radical (unpaired) electrons. The third kappa shape index (κ3) is 4.70. The molecule has 3 rings (SSSR count). The number of ether oxygens (including phenoxy) is 4. The van der Waals surface area contributed by atoms with Crippen molar-refractivity contribution in [2.75, 3.05) is 13.2 Å². The molecule has 0 N–H and O–H groups in total. The molecule has 1 saturated heterocycles. The summed E-state index contributed by atoms with van der Waals surface area (Å²) >= 11 is 0. The largest absolute Gasteiger partial charge is 0.428 e. The Labute approximate surface area is 143 Å². The standard InChI is InChI=1S/C18H28O6/c19-15(13-7-3-1-4-8-13)23-17-18(22-12-11-21-17)24-16(20)14-9-5-2-6-10-14/h13-14,17-18H,1-12H2/t17-,18+. The van der Waals surface area contributed by atoms with Gasteiger partial charge in [-0.15, -0.1) is 0 Å². The van der Waals surface area contributed by atoms with Gasteiger partial charge in [0.2, 0.25) is 0 Å². The summed E-state index contributed by atoms with van der Waals surface area (Å²) in [4.78, 5) is 24.6. The summed E-state index contributed by atoms with van der Waals surface area (Å²) < 4.78 is 21.9. The van der Waals surface area contributed by atoms with E-state index in [-0.39, 0.29) is 23.8 Å². The Hall–Kier alpha value is -1.14. The molecule has 3 aliphatic rings. The predicted octanol–water partition coefficient (Wildman–Crippen LogP) is 2.93. The Morgan fingerprint density at radius 3 is 1.38 bits per heavy atom. The first-order chi connectivity index (χ1) is 11.7. The normalized spacial score (nSPS) is 29.8. The maximum atomic E-state index is 12.3.